The number of benzene rings is 1. The number of methoxy groups -OCH3 is 1. The van der Waals surface area contributed by atoms with Gasteiger partial charge < -0.3 is 10.1 Å². The molecule has 0 bridgehead atoms. The highest BCUT2D eigenvalue weighted by molar-refractivity contribution is 6.05. The number of amides is 1. The molecule has 2 aromatic rings. The van der Waals surface area contributed by atoms with Crippen molar-refractivity contribution in [1.82, 2.24) is 25.5 Å². The van der Waals surface area contributed by atoms with Gasteiger partial charge in [-0.1, -0.05) is 25.0 Å². The first-order chi connectivity index (χ1) is 11.7. The monoisotopic (exact) mass is 329 g/mol. The first-order valence-electron chi connectivity index (χ1n) is 7.93. The predicted molar refractivity (Wildman–Crippen MR) is 84.3 cm³/mol. The molecule has 8 heteroatoms. The molecule has 1 saturated carbocycles. The SMILES string of the molecule is COC(=O)c1ccccc1C(=O)NCc1nnnn1C1CCCC1. The average Bonchev–Trinajstić information content (AvgIpc) is 3.29. The molecule has 0 aliphatic heterocycles. The first kappa shape index (κ1) is 16.1. The van der Waals surface area contributed by atoms with Crippen molar-refractivity contribution in [3.63, 3.8) is 0 Å². The summed E-state index contributed by atoms with van der Waals surface area (Å²) in [5, 5.41) is 14.5. The van der Waals surface area contributed by atoms with Crippen molar-refractivity contribution < 1.29 is 14.3 Å². The maximum absolute atomic E-state index is 12.4. The molecule has 1 fully saturated rings. The van der Waals surface area contributed by atoms with Crippen molar-refractivity contribution in [1.29, 1.82) is 0 Å². The first-order valence-corrected chi connectivity index (χ1v) is 7.93. The minimum Gasteiger partial charge on any atom is -0.465 e. The van der Waals surface area contributed by atoms with Crippen LogP contribution in [-0.4, -0.2) is 39.2 Å². The number of tetrazole rings is 1. The quantitative estimate of drug-likeness (QED) is 0.835. The second-order valence-corrected chi connectivity index (χ2v) is 5.70. The van der Waals surface area contributed by atoms with Crippen LogP contribution in [0, 0.1) is 0 Å². The number of nitrogens with zero attached hydrogens (tertiary/aromatic N) is 4. The molecule has 1 aromatic heterocycles. The second-order valence-electron chi connectivity index (χ2n) is 5.70. The smallest absolute Gasteiger partial charge is 0.338 e. The molecule has 0 saturated heterocycles. The van der Waals surface area contributed by atoms with Crippen molar-refractivity contribution >= 4 is 11.9 Å². The highest BCUT2D eigenvalue weighted by atomic mass is 16.5. The van der Waals surface area contributed by atoms with E-state index in [1.54, 1.807) is 28.9 Å². The van der Waals surface area contributed by atoms with Crippen LogP contribution in [0.15, 0.2) is 24.3 Å². The van der Waals surface area contributed by atoms with Crippen molar-refractivity contribution in [3.8, 4) is 0 Å². The van der Waals surface area contributed by atoms with Crippen LogP contribution >= 0.6 is 0 Å². The van der Waals surface area contributed by atoms with E-state index in [1.807, 2.05) is 0 Å². The third kappa shape index (κ3) is 3.27. The fourth-order valence-corrected chi connectivity index (χ4v) is 2.98. The number of hydrogen-bond acceptors (Lipinski definition) is 6. The van der Waals surface area contributed by atoms with E-state index in [1.165, 1.54) is 20.0 Å². The fourth-order valence-electron chi connectivity index (χ4n) is 2.98. The van der Waals surface area contributed by atoms with Crippen molar-refractivity contribution in [2.24, 2.45) is 0 Å². The van der Waals surface area contributed by atoms with Gasteiger partial charge in [-0.15, -0.1) is 5.10 Å². The van der Waals surface area contributed by atoms with Crippen LogP contribution in [0.4, 0.5) is 0 Å². The number of esters is 1. The lowest BCUT2D eigenvalue weighted by Gasteiger charge is -2.12. The van der Waals surface area contributed by atoms with E-state index in [-0.39, 0.29) is 23.6 Å². The van der Waals surface area contributed by atoms with Crippen LogP contribution in [-0.2, 0) is 11.3 Å². The molecule has 1 N–H and O–H groups in total. The van der Waals surface area contributed by atoms with E-state index < -0.39 is 5.97 Å². The van der Waals surface area contributed by atoms with Gasteiger partial charge in [-0.2, -0.15) is 0 Å². The summed E-state index contributed by atoms with van der Waals surface area (Å²) in [7, 11) is 1.28. The van der Waals surface area contributed by atoms with Crippen molar-refractivity contribution in [2.45, 2.75) is 38.3 Å². The summed E-state index contributed by atoms with van der Waals surface area (Å²) in [6, 6.07) is 6.83. The van der Waals surface area contributed by atoms with Gasteiger partial charge in [0.05, 0.1) is 30.8 Å². The molecule has 1 heterocycles. The van der Waals surface area contributed by atoms with Crippen molar-refractivity contribution in [3.05, 3.63) is 41.2 Å². The number of rotatable bonds is 5. The molecule has 0 spiro atoms. The van der Waals surface area contributed by atoms with E-state index >= 15 is 0 Å². The third-order valence-corrected chi connectivity index (χ3v) is 4.22. The summed E-state index contributed by atoms with van der Waals surface area (Å²) in [6.07, 6.45) is 4.44. The van der Waals surface area contributed by atoms with E-state index in [4.69, 9.17) is 4.74 Å². The number of aromatic nitrogens is 4. The van der Waals surface area contributed by atoms with Crippen LogP contribution in [0.2, 0.25) is 0 Å². The van der Waals surface area contributed by atoms with Gasteiger partial charge in [0.2, 0.25) is 0 Å². The zero-order valence-electron chi connectivity index (χ0n) is 13.4. The standard InChI is InChI=1S/C16H19N5O3/c1-24-16(23)13-9-5-4-8-12(13)15(22)17-10-14-18-19-20-21(14)11-6-2-3-7-11/h4-5,8-9,11H,2-3,6-7,10H2,1H3,(H,17,22). The molecule has 0 atom stereocenters. The Hall–Kier alpha value is -2.77. The molecular formula is C16H19N5O3. The number of carbonyl (C=O) groups excluding carboxylic acids is 2. The van der Waals surface area contributed by atoms with E-state index in [9.17, 15) is 9.59 Å². The predicted octanol–water partition coefficient (Wildman–Crippen LogP) is 1.50. The van der Waals surface area contributed by atoms with Crippen LogP contribution in [0.25, 0.3) is 0 Å². The Balaban J connectivity index is 1.71. The molecule has 0 radical (unpaired) electrons. The minimum absolute atomic E-state index is 0.206. The van der Waals surface area contributed by atoms with Crippen LogP contribution in [0.5, 0.6) is 0 Å². The highest BCUT2D eigenvalue weighted by Crippen LogP contribution is 2.29. The summed E-state index contributed by atoms with van der Waals surface area (Å²) in [6.45, 7) is 0.206. The van der Waals surface area contributed by atoms with Crippen LogP contribution in [0.1, 0.15) is 58.3 Å². The lowest BCUT2D eigenvalue weighted by Crippen LogP contribution is -2.27. The average molecular weight is 329 g/mol. The van der Waals surface area contributed by atoms with E-state index in [0.717, 1.165) is 12.8 Å². The third-order valence-electron chi connectivity index (χ3n) is 4.22. The lowest BCUT2D eigenvalue weighted by atomic mass is 10.1. The molecule has 24 heavy (non-hydrogen) atoms. The van der Waals surface area contributed by atoms with Gasteiger partial charge in [0.15, 0.2) is 5.82 Å². The molecule has 0 unspecified atom stereocenters. The largest absolute Gasteiger partial charge is 0.465 e. The van der Waals surface area contributed by atoms with Gasteiger partial charge in [0.25, 0.3) is 5.91 Å². The highest BCUT2D eigenvalue weighted by Gasteiger charge is 2.22. The Morgan fingerprint density at radius 1 is 1.25 bits per heavy atom. The maximum Gasteiger partial charge on any atom is 0.338 e. The summed E-state index contributed by atoms with van der Waals surface area (Å²) >= 11 is 0. The lowest BCUT2D eigenvalue weighted by molar-refractivity contribution is 0.0596. The zero-order chi connectivity index (χ0) is 16.9. The molecule has 1 aliphatic rings. The fraction of sp³-hybridized carbons (Fsp3) is 0.438. The summed E-state index contributed by atoms with van der Waals surface area (Å²) in [5.41, 5.74) is 0.497. The normalized spacial score (nSPS) is 14.5. The number of hydrogen-bond donors (Lipinski definition) is 1. The van der Waals surface area contributed by atoms with Gasteiger partial charge in [0, 0.05) is 0 Å². The molecule has 3 rings (SSSR count). The van der Waals surface area contributed by atoms with Crippen molar-refractivity contribution in [2.75, 3.05) is 7.11 Å². The summed E-state index contributed by atoms with van der Waals surface area (Å²) < 4.78 is 6.50. The summed E-state index contributed by atoms with van der Waals surface area (Å²) in [4.78, 5) is 24.2. The van der Waals surface area contributed by atoms with Gasteiger partial charge >= 0.3 is 5.97 Å². The van der Waals surface area contributed by atoms with Crippen LogP contribution < -0.4 is 5.32 Å². The molecular weight excluding hydrogens is 310 g/mol. The van der Waals surface area contributed by atoms with E-state index in [0.29, 0.717) is 11.9 Å². The van der Waals surface area contributed by atoms with Gasteiger partial charge in [-0.05, 0) is 35.4 Å². The van der Waals surface area contributed by atoms with E-state index in [2.05, 4.69) is 20.8 Å². The zero-order valence-corrected chi connectivity index (χ0v) is 13.4. The Morgan fingerprint density at radius 3 is 2.67 bits per heavy atom. The van der Waals surface area contributed by atoms with Gasteiger partial charge in [-0.3, -0.25) is 4.79 Å². The Labute approximate surface area is 139 Å². The Kier molecular flexibility index (Phi) is 4.83. The second kappa shape index (κ2) is 7.20. The molecule has 1 aromatic carbocycles. The molecule has 1 aliphatic carbocycles. The number of nitrogens with one attached hydrogen (secondary N) is 1. The molecule has 126 valence electrons. The topological polar surface area (TPSA) is 99.0 Å². The number of ether oxygens (including phenoxy) is 1. The van der Waals surface area contributed by atoms with Crippen LogP contribution in [0.3, 0.4) is 0 Å². The maximum atomic E-state index is 12.4. The molecule has 1 amide bonds. The van der Waals surface area contributed by atoms with Gasteiger partial charge in [0.1, 0.15) is 0 Å². The van der Waals surface area contributed by atoms with Gasteiger partial charge in [-0.25, -0.2) is 9.48 Å². The number of carbonyl (C=O) groups is 2. The summed E-state index contributed by atoms with van der Waals surface area (Å²) in [5.74, 6) is -0.292. The minimum atomic E-state index is -0.545. The Bertz CT molecular complexity index is 737. The Morgan fingerprint density at radius 2 is 1.96 bits per heavy atom. The molecule has 8 nitrogen and oxygen atoms in total.